The molecular weight excluding hydrogens is 476 g/mol. The molecule has 0 fully saturated rings. The summed E-state index contributed by atoms with van der Waals surface area (Å²) in [5, 5.41) is 7.74. The molecule has 0 saturated carbocycles. The fourth-order valence-electron chi connectivity index (χ4n) is 6.73. The molecule has 0 heterocycles. The monoisotopic (exact) mass is 504 g/mol. The van der Waals surface area contributed by atoms with Crippen LogP contribution in [-0.4, -0.2) is 12.6 Å². The Morgan fingerprint density at radius 2 is 1.41 bits per heavy atom. The lowest BCUT2D eigenvalue weighted by molar-refractivity contribution is -0.137. The number of hydrogen-bond acceptors (Lipinski definition) is 2. The number of benzene rings is 6. The summed E-state index contributed by atoms with van der Waals surface area (Å²) in [6, 6.07) is 35.5. The maximum Gasteiger partial charge on any atom is 0.330 e. The second kappa shape index (κ2) is 8.96. The Morgan fingerprint density at radius 1 is 0.718 bits per heavy atom. The van der Waals surface area contributed by atoms with Gasteiger partial charge in [-0.15, -0.1) is 6.58 Å². The lowest BCUT2D eigenvalue weighted by atomic mass is 9.74. The lowest BCUT2D eigenvalue weighted by Crippen LogP contribution is -2.23. The summed E-state index contributed by atoms with van der Waals surface area (Å²) in [7, 11) is 0. The Hall–Kier alpha value is -4.69. The van der Waals surface area contributed by atoms with E-state index in [2.05, 4.69) is 116 Å². The molecule has 0 aromatic heterocycles. The van der Waals surface area contributed by atoms with Gasteiger partial charge in [0.15, 0.2) is 0 Å². The molecule has 188 valence electrons. The van der Waals surface area contributed by atoms with E-state index >= 15 is 0 Å². The molecule has 7 rings (SSSR count). The summed E-state index contributed by atoms with van der Waals surface area (Å²) in [5.74, 6) is -0.383. The van der Waals surface area contributed by atoms with Gasteiger partial charge in [-0.1, -0.05) is 104 Å². The van der Waals surface area contributed by atoms with Crippen LogP contribution in [0.15, 0.2) is 122 Å². The van der Waals surface area contributed by atoms with Gasteiger partial charge in [0, 0.05) is 11.5 Å². The first kappa shape index (κ1) is 23.4. The van der Waals surface area contributed by atoms with E-state index in [-0.39, 0.29) is 11.4 Å². The van der Waals surface area contributed by atoms with Crippen LogP contribution in [0.4, 0.5) is 0 Å². The predicted molar refractivity (Wildman–Crippen MR) is 162 cm³/mol. The molecule has 0 bridgehead atoms. The van der Waals surface area contributed by atoms with Crippen LogP contribution in [0.25, 0.3) is 54.6 Å². The van der Waals surface area contributed by atoms with E-state index in [4.69, 9.17) is 4.74 Å². The van der Waals surface area contributed by atoms with Crippen molar-refractivity contribution in [2.75, 3.05) is 6.61 Å². The largest absolute Gasteiger partial charge is 0.463 e. The van der Waals surface area contributed by atoms with Crippen molar-refractivity contribution in [2.24, 2.45) is 0 Å². The number of ether oxygens (including phenoxy) is 1. The van der Waals surface area contributed by atoms with Gasteiger partial charge in [0.2, 0.25) is 0 Å². The Labute approximate surface area is 228 Å². The molecule has 0 amide bonds. The van der Waals surface area contributed by atoms with Crippen molar-refractivity contribution in [3.05, 3.63) is 133 Å². The van der Waals surface area contributed by atoms with Gasteiger partial charge in [0.05, 0.1) is 6.61 Å². The highest BCUT2D eigenvalue weighted by molar-refractivity contribution is 6.25. The molecule has 6 aromatic rings. The number of carbonyl (C=O) groups excluding carboxylic acids is 1. The molecule has 2 nitrogen and oxygen atoms in total. The molecule has 0 radical (unpaired) electrons. The molecule has 0 saturated heterocycles. The Morgan fingerprint density at radius 3 is 2.21 bits per heavy atom. The van der Waals surface area contributed by atoms with Crippen molar-refractivity contribution in [2.45, 2.75) is 18.3 Å². The molecule has 2 heteroatoms. The SMILES string of the molecule is C=CC(=O)OCCCC1(C=C)c2ccccc2-c2ccc(-c3ccc4ccc5cccc6ccc3c4c56)cc21. The molecule has 1 unspecified atom stereocenters. The van der Waals surface area contributed by atoms with Crippen LogP contribution in [0.1, 0.15) is 24.0 Å². The quantitative estimate of drug-likeness (QED) is 0.0712. The number of fused-ring (bicyclic) bond motifs is 3. The summed E-state index contributed by atoms with van der Waals surface area (Å²) in [6.45, 7) is 8.18. The molecule has 1 atom stereocenters. The second-order valence-corrected chi connectivity index (χ2v) is 10.4. The topological polar surface area (TPSA) is 26.3 Å². The normalized spacial score (nSPS) is 15.9. The van der Waals surface area contributed by atoms with E-state index in [0.717, 1.165) is 12.8 Å². The fraction of sp³-hybridized carbons (Fsp3) is 0.108. The van der Waals surface area contributed by atoms with Crippen molar-refractivity contribution < 1.29 is 9.53 Å². The molecule has 0 aliphatic heterocycles. The van der Waals surface area contributed by atoms with Crippen molar-refractivity contribution in [1.29, 1.82) is 0 Å². The number of esters is 1. The van der Waals surface area contributed by atoms with Crippen LogP contribution < -0.4 is 0 Å². The zero-order valence-electron chi connectivity index (χ0n) is 21.7. The molecule has 0 N–H and O–H groups in total. The van der Waals surface area contributed by atoms with Crippen LogP contribution in [0.5, 0.6) is 0 Å². The molecule has 1 aliphatic rings. The minimum absolute atomic E-state index is 0.354. The van der Waals surface area contributed by atoms with Gasteiger partial charge in [-0.3, -0.25) is 0 Å². The van der Waals surface area contributed by atoms with Crippen LogP contribution in [0, 0.1) is 0 Å². The van der Waals surface area contributed by atoms with Gasteiger partial charge in [-0.25, -0.2) is 4.79 Å². The van der Waals surface area contributed by atoms with Gasteiger partial charge in [0.25, 0.3) is 0 Å². The smallest absolute Gasteiger partial charge is 0.330 e. The number of allylic oxidation sites excluding steroid dienone is 1. The maximum absolute atomic E-state index is 11.6. The summed E-state index contributed by atoms with van der Waals surface area (Å²) in [5.41, 5.74) is 7.09. The summed E-state index contributed by atoms with van der Waals surface area (Å²) in [4.78, 5) is 11.6. The Bertz CT molecular complexity index is 1910. The van der Waals surface area contributed by atoms with Crippen molar-refractivity contribution in [1.82, 2.24) is 0 Å². The van der Waals surface area contributed by atoms with Crippen LogP contribution in [0.3, 0.4) is 0 Å². The van der Waals surface area contributed by atoms with Crippen molar-refractivity contribution in [3.8, 4) is 22.3 Å². The summed E-state index contributed by atoms with van der Waals surface area (Å²) >= 11 is 0. The predicted octanol–water partition coefficient (Wildman–Crippen LogP) is 9.21. The van der Waals surface area contributed by atoms with E-state index < -0.39 is 0 Å². The van der Waals surface area contributed by atoms with E-state index in [9.17, 15) is 4.79 Å². The van der Waals surface area contributed by atoms with E-state index in [1.807, 2.05) is 0 Å². The van der Waals surface area contributed by atoms with Crippen molar-refractivity contribution >= 4 is 38.3 Å². The first-order chi connectivity index (χ1) is 19.1. The molecule has 0 spiro atoms. The summed E-state index contributed by atoms with van der Waals surface area (Å²) in [6.07, 6.45) is 4.82. The fourth-order valence-corrected chi connectivity index (χ4v) is 6.73. The van der Waals surface area contributed by atoms with Gasteiger partial charge in [-0.2, -0.15) is 0 Å². The second-order valence-electron chi connectivity index (χ2n) is 10.4. The minimum atomic E-state index is -0.383. The highest BCUT2D eigenvalue weighted by Gasteiger charge is 2.40. The average Bonchev–Trinajstić information content (AvgIpc) is 3.27. The van der Waals surface area contributed by atoms with Gasteiger partial charge >= 0.3 is 5.97 Å². The zero-order chi connectivity index (χ0) is 26.6. The minimum Gasteiger partial charge on any atom is -0.463 e. The lowest BCUT2D eigenvalue weighted by Gasteiger charge is -2.29. The molecule has 39 heavy (non-hydrogen) atoms. The number of carbonyl (C=O) groups is 1. The van der Waals surface area contributed by atoms with E-state index in [1.165, 1.54) is 71.8 Å². The molecule has 6 aromatic carbocycles. The first-order valence-electron chi connectivity index (χ1n) is 13.5. The third-order valence-electron chi connectivity index (χ3n) is 8.51. The maximum atomic E-state index is 11.6. The Kier molecular flexibility index (Phi) is 5.38. The Balaban J connectivity index is 1.39. The zero-order valence-corrected chi connectivity index (χ0v) is 21.7. The van der Waals surface area contributed by atoms with E-state index in [1.54, 1.807) is 0 Å². The van der Waals surface area contributed by atoms with E-state index in [0.29, 0.717) is 6.61 Å². The average molecular weight is 505 g/mol. The van der Waals surface area contributed by atoms with Gasteiger partial charge in [0.1, 0.15) is 0 Å². The van der Waals surface area contributed by atoms with Crippen molar-refractivity contribution in [3.63, 3.8) is 0 Å². The summed E-state index contributed by atoms with van der Waals surface area (Å²) < 4.78 is 5.32. The molecule has 1 aliphatic carbocycles. The van der Waals surface area contributed by atoms with Gasteiger partial charge < -0.3 is 4.74 Å². The van der Waals surface area contributed by atoms with Gasteiger partial charge in [-0.05, 0) is 84.6 Å². The number of hydrogen-bond donors (Lipinski definition) is 0. The third-order valence-corrected chi connectivity index (χ3v) is 8.51. The first-order valence-corrected chi connectivity index (χ1v) is 13.5. The van der Waals surface area contributed by atoms with Crippen LogP contribution in [-0.2, 0) is 14.9 Å². The van der Waals surface area contributed by atoms with Crippen LogP contribution in [0.2, 0.25) is 0 Å². The third kappa shape index (κ3) is 3.45. The number of rotatable bonds is 7. The standard InChI is InChI=1S/C37H28O2/c1-3-34(38)39-22-8-21-37(4-2)32-12-6-5-11-29(32)30-19-17-27(23-33(30)37)28-18-15-26-14-13-24-9-7-10-25-16-20-31(28)36(26)35(24)25/h3-7,9-20,23H,1-2,8,21-22H2. The highest BCUT2D eigenvalue weighted by atomic mass is 16.5. The van der Waals surface area contributed by atoms with Crippen LogP contribution >= 0.6 is 0 Å². The molecular formula is C37H28O2. The highest BCUT2D eigenvalue weighted by Crippen LogP contribution is 2.53.